The van der Waals surface area contributed by atoms with E-state index in [2.05, 4.69) is 12.2 Å². The average Bonchev–Trinajstić information content (AvgIpc) is 3.05. The first kappa shape index (κ1) is 18.5. The Kier molecular flexibility index (Phi) is 5.93. The summed E-state index contributed by atoms with van der Waals surface area (Å²) >= 11 is 1.48. The highest BCUT2D eigenvalue weighted by Gasteiger charge is 2.21. The fraction of sp³-hybridized carbons (Fsp3) is 0.400. The summed E-state index contributed by atoms with van der Waals surface area (Å²) in [4.78, 5) is 26.2. The molecule has 0 aliphatic heterocycles. The second-order valence-electron chi connectivity index (χ2n) is 6.46. The maximum Gasteiger partial charge on any atom is 0.348 e. The number of nitrogens with one attached hydrogen (secondary N) is 1. The first-order valence-corrected chi connectivity index (χ1v) is 9.68. The van der Waals surface area contributed by atoms with E-state index in [1.807, 2.05) is 19.1 Å². The quantitative estimate of drug-likeness (QED) is 0.776. The lowest BCUT2D eigenvalue weighted by atomic mass is 9.90. The van der Waals surface area contributed by atoms with Crippen LogP contribution in [0.25, 0.3) is 0 Å². The summed E-state index contributed by atoms with van der Waals surface area (Å²) in [5.41, 5.74) is 1.81. The third kappa shape index (κ3) is 4.43. The fourth-order valence-electron chi connectivity index (χ4n) is 3.05. The number of hydrogen-bond acceptors (Lipinski definition) is 5. The summed E-state index contributed by atoms with van der Waals surface area (Å²) in [7, 11) is 0. The molecule has 1 aromatic carbocycles. The predicted octanol–water partition coefficient (Wildman–Crippen LogP) is 4.07. The summed E-state index contributed by atoms with van der Waals surface area (Å²) in [5.74, 6) is 0.414. The molecule has 138 valence electrons. The zero-order valence-corrected chi connectivity index (χ0v) is 15.9. The Hall–Kier alpha value is -2.34. The van der Waals surface area contributed by atoms with Crippen molar-refractivity contribution >= 4 is 28.9 Å². The van der Waals surface area contributed by atoms with Gasteiger partial charge in [-0.25, -0.2) is 4.79 Å². The molecule has 26 heavy (non-hydrogen) atoms. The van der Waals surface area contributed by atoms with Crippen LogP contribution in [0.4, 0.5) is 5.69 Å². The molecule has 2 aromatic rings. The third-order valence-electron chi connectivity index (χ3n) is 4.33. The summed E-state index contributed by atoms with van der Waals surface area (Å²) < 4.78 is 10.7. The highest BCUT2D eigenvalue weighted by Crippen LogP contribution is 2.32. The second kappa shape index (κ2) is 8.36. The van der Waals surface area contributed by atoms with Crippen molar-refractivity contribution < 1.29 is 19.1 Å². The Morgan fingerprint density at radius 2 is 2.12 bits per heavy atom. The number of para-hydroxylation sites is 2. The molecule has 0 saturated carbocycles. The van der Waals surface area contributed by atoms with E-state index in [1.54, 1.807) is 18.2 Å². The van der Waals surface area contributed by atoms with Gasteiger partial charge in [0.1, 0.15) is 10.6 Å². The van der Waals surface area contributed by atoms with Gasteiger partial charge in [0.05, 0.1) is 12.3 Å². The molecule has 3 rings (SSSR count). The van der Waals surface area contributed by atoms with Gasteiger partial charge in [0, 0.05) is 4.88 Å². The molecule has 1 aliphatic rings. The Morgan fingerprint density at radius 3 is 2.92 bits per heavy atom. The lowest BCUT2D eigenvalue weighted by Gasteiger charge is -2.16. The van der Waals surface area contributed by atoms with E-state index in [9.17, 15) is 9.59 Å². The van der Waals surface area contributed by atoms with E-state index in [-0.39, 0.29) is 12.5 Å². The van der Waals surface area contributed by atoms with Gasteiger partial charge < -0.3 is 14.8 Å². The lowest BCUT2D eigenvalue weighted by molar-refractivity contribution is -0.119. The number of carbonyl (C=O) groups is 2. The number of esters is 1. The lowest BCUT2D eigenvalue weighted by Crippen LogP contribution is -2.21. The Morgan fingerprint density at radius 1 is 1.31 bits per heavy atom. The van der Waals surface area contributed by atoms with Crippen LogP contribution in [0.2, 0.25) is 0 Å². The summed E-state index contributed by atoms with van der Waals surface area (Å²) in [6.07, 6.45) is 3.18. The molecule has 1 atom stereocenters. The molecule has 1 heterocycles. The molecule has 0 saturated heterocycles. The van der Waals surface area contributed by atoms with Crippen LogP contribution in [-0.2, 0) is 22.4 Å². The molecule has 5 nitrogen and oxygen atoms in total. The van der Waals surface area contributed by atoms with Crippen molar-refractivity contribution in [3.8, 4) is 5.75 Å². The molecule has 0 spiro atoms. The van der Waals surface area contributed by atoms with Crippen molar-refractivity contribution in [1.29, 1.82) is 0 Å². The standard InChI is InChI=1S/C20H23NO4S/c1-3-24-16-7-5-4-6-15(16)21-19(22)12-25-20(23)18-11-14-10-13(2)8-9-17(14)26-18/h4-7,11,13H,3,8-10,12H2,1-2H3,(H,21,22)/t13-/m1/s1. The van der Waals surface area contributed by atoms with Crippen LogP contribution < -0.4 is 10.1 Å². The minimum absolute atomic E-state index is 0.321. The topological polar surface area (TPSA) is 64.6 Å². The molecule has 1 aromatic heterocycles. The summed E-state index contributed by atoms with van der Waals surface area (Å²) in [6.45, 7) is 4.28. The molecule has 1 amide bonds. The van der Waals surface area contributed by atoms with Crippen molar-refractivity contribution in [1.82, 2.24) is 0 Å². The van der Waals surface area contributed by atoms with Gasteiger partial charge in [-0.05, 0) is 55.9 Å². The number of anilines is 1. The largest absolute Gasteiger partial charge is 0.492 e. The maximum absolute atomic E-state index is 12.3. The zero-order chi connectivity index (χ0) is 18.5. The first-order chi connectivity index (χ1) is 12.6. The van der Waals surface area contributed by atoms with Gasteiger partial charge in [-0.1, -0.05) is 19.1 Å². The number of amides is 1. The van der Waals surface area contributed by atoms with Gasteiger partial charge in [0.25, 0.3) is 5.91 Å². The van der Waals surface area contributed by atoms with Crippen LogP contribution in [0.1, 0.15) is 40.4 Å². The van der Waals surface area contributed by atoms with E-state index in [4.69, 9.17) is 9.47 Å². The second-order valence-corrected chi connectivity index (χ2v) is 7.60. The highest BCUT2D eigenvalue weighted by atomic mass is 32.1. The molecule has 0 bridgehead atoms. The molecule has 0 fully saturated rings. The van der Waals surface area contributed by atoms with Gasteiger partial charge in [-0.3, -0.25) is 4.79 Å². The van der Waals surface area contributed by atoms with E-state index < -0.39 is 5.97 Å². The Bertz CT molecular complexity index is 799. The van der Waals surface area contributed by atoms with Crippen molar-refractivity contribution in [2.75, 3.05) is 18.5 Å². The van der Waals surface area contributed by atoms with Gasteiger partial charge in [-0.15, -0.1) is 11.3 Å². The third-order valence-corrected chi connectivity index (χ3v) is 5.54. The maximum atomic E-state index is 12.3. The van der Waals surface area contributed by atoms with Gasteiger partial charge in [-0.2, -0.15) is 0 Å². The first-order valence-electron chi connectivity index (χ1n) is 8.87. The van der Waals surface area contributed by atoms with Crippen molar-refractivity contribution in [2.45, 2.75) is 33.1 Å². The van der Waals surface area contributed by atoms with E-state index >= 15 is 0 Å². The number of benzene rings is 1. The van der Waals surface area contributed by atoms with E-state index in [0.29, 0.717) is 28.8 Å². The van der Waals surface area contributed by atoms with E-state index in [0.717, 1.165) is 19.3 Å². The normalized spacial score (nSPS) is 15.8. The van der Waals surface area contributed by atoms with Crippen LogP contribution in [-0.4, -0.2) is 25.1 Å². The number of rotatable bonds is 6. The van der Waals surface area contributed by atoms with Crippen LogP contribution in [0.15, 0.2) is 30.3 Å². The Labute approximate surface area is 157 Å². The van der Waals surface area contributed by atoms with Crippen molar-refractivity contribution in [3.63, 3.8) is 0 Å². The Balaban J connectivity index is 1.56. The van der Waals surface area contributed by atoms with Gasteiger partial charge in [0.15, 0.2) is 6.61 Å². The molecule has 0 radical (unpaired) electrons. The SMILES string of the molecule is CCOc1ccccc1NC(=O)COC(=O)c1cc2c(s1)CC[C@@H](C)C2. The number of aryl methyl sites for hydroxylation is 1. The number of hydrogen-bond donors (Lipinski definition) is 1. The number of fused-ring (bicyclic) bond motifs is 1. The van der Waals surface area contributed by atoms with E-state index in [1.165, 1.54) is 21.8 Å². The molecule has 1 aliphatic carbocycles. The number of thiophene rings is 1. The van der Waals surface area contributed by atoms with Crippen LogP contribution in [0, 0.1) is 5.92 Å². The fourth-order valence-corrected chi connectivity index (χ4v) is 4.15. The molecule has 1 N–H and O–H groups in total. The van der Waals surface area contributed by atoms with Crippen molar-refractivity contribution in [3.05, 3.63) is 45.6 Å². The number of ether oxygens (including phenoxy) is 2. The smallest absolute Gasteiger partial charge is 0.348 e. The summed E-state index contributed by atoms with van der Waals surface area (Å²) in [5, 5.41) is 2.72. The summed E-state index contributed by atoms with van der Waals surface area (Å²) in [6, 6.07) is 9.09. The van der Waals surface area contributed by atoms with Crippen LogP contribution >= 0.6 is 11.3 Å². The molecule has 0 unspecified atom stereocenters. The average molecular weight is 373 g/mol. The van der Waals surface area contributed by atoms with Gasteiger partial charge >= 0.3 is 5.97 Å². The molecular formula is C20H23NO4S. The minimum Gasteiger partial charge on any atom is -0.492 e. The van der Waals surface area contributed by atoms with Gasteiger partial charge in [0.2, 0.25) is 0 Å². The van der Waals surface area contributed by atoms with Crippen molar-refractivity contribution in [2.24, 2.45) is 5.92 Å². The van der Waals surface area contributed by atoms with Crippen LogP contribution in [0.5, 0.6) is 5.75 Å². The zero-order valence-electron chi connectivity index (χ0n) is 15.0. The highest BCUT2D eigenvalue weighted by molar-refractivity contribution is 7.14. The number of carbonyl (C=O) groups excluding carboxylic acids is 2. The minimum atomic E-state index is -0.440. The monoisotopic (exact) mass is 373 g/mol. The van der Waals surface area contributed by atoms with Crippen LogP contribution in [0.3, 0.4) is 0 Å². The predicted molar refractivity (Wildman–Crippen MR) is 102 cm³/mol. The molecular weight excluding hydrogens is 350 g/mol. The molecule has 6 heteroatoms.